The van der Waals surface area contributed by atoms with E-state index in [1.54, 1.807) is 18.3 Å². The Morgan fingerprint density at radius 3 is 2.77 bits per heavy atom. The van der Waals surface area contributed by atoms with Gasteiger partial charge < -0.3 is 10.4 Å². The molecule has 4 fully saturated rings. The second-order valence-corrected chi connectivity index (χ2v) is 7.59. The molecule has 0 spiro atoms. The Morgan fingerprint density at radius 1 is 1.41 bits per heavy atom. The van der Waals surface area contributed by atoms with Crippen LogP contribution in [0.5, 0.6) is 0 Å². The third-order valence-corrected chi connectivity index (χ3v) is 5.78. The number of nitrogens with zero attached hydrogens (tertiary/aromatic N) is 2. The maximum atomic E-state index is 12.3. The number of rotatable bonds is 3. The van der Waals surface area contributed by atoms with Gasteiger partial charge in [0.15, 0.2) is 0 Å². The smallest absolute Gasteiger partial charge is 0.245 e. The summed E-state index contributed by atoms with van der Waals surface area (Å²) in [6.07, 6.45) is 7.61. The average molecular weight is 299 g/mol. The van der Waals surface area contributed by atoms with Crippen molar-refractivity contribution in [2.24, 2.45) is 11.8 Å². The third-order valence-electron chi connectivity index (χ3n) is 5.78. The van der Waals surface area contributed by atoms with E-state index in [-0.39, 0.29) is 18.0 Å². The zero-order chi connectivity index (χ0) is 15.4. The van der Waals surface area contributed by atoms with Crippen molar-refractivity contribution >= 4 is 5.91 Å². The molecule has 0 aromatic carbocycles. The number of nitrogens with one attached hydrogen (secondary N) is 1. The van der Waals surface area contributed by atoms with Crippen LogP contribution in [0, 0.1) is 23.2 Å². The highest BCUT2D eigenvalue weighted by molar-refractivity contribution is 5.82. The van der Waals surface area contributed by atoms with Crippen molar-refractivity contribution in [1.82, 2.24) is 9.88 Å². The van der Waals surface area contributed by atoms with Crippen LogP contribution in [0.15, 0.2) is 18.3 Å². The second-order valence-electron chi connectivity index (χ2n) is 7.59. The molecule has 0 amide bonds. The van der Waals surface area contributed by atoms with Gasteiger partial charge in [-0.3, -0.25) is 9.36 Å². The summed E-state index contributed by atoms with van der Waals surface area (Å²) in [4.78, 5) is 12.3. The van der Waals surface area contributed by atoms with Crippen LogP contribution in [0.4, 0.5) is 0 Å². The van der Waals surface area contributed by atoms with Crippen molar-refractivity contribution in [1.29, 1.82) is 5.26 Å². The summed E-state index contributed by atoms with van der Waals surface area (Å²) >= 11 is 0. The lowest BCUT2D eigenvalue weighted by molar-refractivity contribution is -0.141. The fourth-order valence-corrected chi connectivity index (χ4v) is 5.46. The molecule has 5 rings (SSSR count). The van der Waals surface area contributed by atoms with Crippen molar-refractivity contribution < 1.29 is 9.90 Å². The summed E-state index contributed by atoms with van der Waals surface area (Å²) in [7, 11) is 0. The molecule has 116 valence electrons. The number of aliphatic hydroxyl groups is 1. The monoisotopic (exact) mass is 299 g/mol. The molecule has 1 aromatic heterocycles. The number of carbonyl (C=O) groups excluding carboxylic acids is 1. The van der Waals surface area contributed by atoms with Gasteiger partial charge in [0.1, 0.15) is 11.8 Å². The van der Waals surface area contributed by atoms with Gasteiger partial charge in [-0.1, -0.05) is 0 Å². The molecule has 0 saturated heterocycles. The van der Waals surface area contributed by atoms with E-state index in [0.717, 1.165) is 32.1 Å². The van der Waals surface area contributed by atoms with Gasteiger partial charge in [-0.15, -0.1) is 0 Å². The van der Waals surface area contributed by atoms with E-state index in [9.17, 15) is 9.90 Å². The van der Waals surface area contributed by atoms with Gasteiger partial charge in [0, 0.05) is 11.7 Å². The van der Waals surface area contributed by atoms with Gasteiger partial charge in [-0.05, 0) is 62.5 Å². The lowest BCUT2D eigenvalue weighted by Gasteiger charge is -2.60. The highest BCUT2D eigenvalue weighted by Crippen LogP contribution is 2.57. The predicted octanol–water partition coefficient (Wildman–Crippen LogP) is 1.67. The van der Waals surface area contributed by atoms with Crippen LogP contribution in [-0.4, -0.2) is 33.3 Å². The molecule has 1 aromatic rings. The standard InChI is InChI=1S/C17H21N3O2/c18-9-14-2-1-3-20(14)15(21)10-19-16-5-12-4-13(6-16)8-17(22,7-12)11-16/h1-3,12-13,19,22H,4-8,10-11H2/t12-,13-,16?,17?/m0/s1. The molecule has 4 bridgehead atoms. The first-order chi connectivity index (χ1) is 10.5. The minimum Gasteiger partial charge on any atom is -0.390 e. The van der Waals surface area contributed by atoms with Crippen LogP contribution in [0.25, 0.3) is 0 Å². The molecule has 0 radical (unpaired) electrons. The summed E-state index contributed by atoms with van der Waals surface area (Å²) < 4.78 is 1.40. The lowest BCUT2D eigenvalue weighted by atomic mass is 9.51. The van der Waals surface area contributed by atoms with Crippen LogP contribution in [0.3, 0.4) is 0 Å². The minimum atomic E-state index is -0.522. The Hall–Kier alpha value is -1.64. The summed E-state index contributed by atoms with van der Waals surface area (Å²) in [6.45, 7) is 0.221. The Morgan fingerprint density at radius 2 is 2.14 bits per heavy atom. The maximum absolute atomic E-state index is 12.3. The number of hydrogen-bond acceptors (Lipinski definition) is 4. The fourth-order valence-electron chi connectivity index (χ4n) is 5.46. The van der Waals surface area contributed by atoms with Gasteiger partial charge in [-0.25, -0.2) is 0 Å². The predicted molar refractivity (Wildman–Crippen MR) is 80.1 cm³/mol. The van der Waals surface area contributed by atoms with Gasteiger partial charge in [-0.2, -0.15) is 5.26 Å². The molecule has 4 aliphatic rings. The summed E-state index contributed by atoms with van der Waals surface area (Å²) in [5.74, 6) is 1.08. The van der Waals surface area contributed by atoms with Gasteiger partial charge >= 0.3 is 0 Å². The van der Waals surface area contributed by atoms with Crippen LogP contribution < -0.4 is 5.32 Å². The molecule has 4 saturated carbocycles. The van der Waals surface area contributed by atoms with Crippen molar-refractivity contribution in [3.8, 4) is 6.07 Å². The lowest BCUT2D eigenvalue weighted by Crippen LogP contribution is -2.65. The summed E-state index contributed by atoms with van der Waals surface area (Å²) in [6, 6.07) is 5.39. The molecule has 5 heteroatoms. The number of nitriles is 1. The average Bonchev–Trinajstić information content (AvgIpc) is 2.90. The molecule has 0 unspecified atom stereocenters. The van der Waals surface area contributed by atoms with E-state index >= 15 is 0 Å². The van der Waals surface area contributed by atoms with Crippen LogP contribution >= 0.6 is 0 Å². The van der Waals surface area contributed by atoms with E-state index in [1.807, 2.05) is 6.07 Å². The Labute approximate surface area is 129 Å². The summed E-state index contributed by atoms with van der Waals surface area (Å²) in [5.41, 5.74) is -0.240. The van der Waals surface area contributed by atoms with Gasteiger partial charge in [0.2, 0.25) is 5.91 Å². The molecule has 0 aliphatic heterocycles. The summed E-state index contributed by atoms with van der Waals surface area (Å²) in [5, 5.41) is 23.2. The molecule has 1 heterocycles. The van der Waals surface area contributed by atoms with Crippen molar-refractivity contribution in [2.45, 2.75) is 49.7 Å². The SMILES string of the molecule is N#Cc1cccn1C(=O)CNC12C[C@@H]3C[C@H](CC(O)(C3)C1)C2. The van der Waals surface area contributed by atoms with Crippen molar-refractivity contribution in [3.63, 3.8) is 0 Å². The largest absolute Gasteiger partial charge is 0.390 e. The normalized spacial score (nSPS) is 38.9. The second kappa shape index (κ2) is 4.68. The minimum absolute atomic E-state index is 0.0888. The maximum Gasteiger partial charge on any atom is 0.245 e. The first-order valence-corrected chi connectivity index (χ1v) is 8.09. The van der Waals surface area contributed by atoms with Crippen LogP contribution in [0.2, 0.25) is 0 Å². The number of carbonyl (C=O) groups is 1. The Balaban J connectivity index is 1.48. The van der Waals surface area contributed by atoms with Crippen molar-refractivity contribution in [2.75, 3.05) is 6.54 Å². The van der Waals surface area contributed by atoms with E-state index in [0.29, 0.717) is 17.5 Å². The first kappa shape index (κ1) is 14.0. The number of hydrogen-bond donors (Lipinski definition) is 2. The molecular formula is C17H21N3O2. The van der Waals surface area contributed by atoms with E-state index < -0.39 is 5.60 Å². The van der Waals surface area contributed by atoms with E-state index in [4.69, 9.17) is 5.26 Å². The Bertz CT molecular complexity index is 643. The van der Waals surface area contributed by atoms with Gasteiger partial charge in [0.25, 0.3) is 0 Å². The highest BCUT2D eigenvalue weighted by Gasteiger charge is 2.57. The fraction of sp³-hybridized carbons (Fsp3) is 0.647. The third kappa shape index (κ3) is 2.18. The highest BCUT2D eigenvalue weighted by atomic mass is 16.3. The molecular weight excluding hydrogens is 278 g/mol. The molecule has 4 aliphatic carbocycles. The van der Waals surface area contributed by atoms with Gasteiger partial charge in [0.05, 0.1) is 12.1 Å². The van der Waals surface area contributed by atoms with Crippen LogP contribution in [-0.2, 0) is 0 Å². The first-order valence-electron chi connectivity index (χ1n) is 8.09. The molecule has 2 N–H and O–H groups in total. The zero-order valence-corrected chi connectivity index (χ0v) is 12.6. The quantitative estimate of drug-likeness (QED) is 0.890. The number of aromatic nitrogens is 1. The van der Waals surface area contributed by atoms with Crippen molar-refractivity contribution in [3.05, 3.63) is 24.0 Å². The van der Waals surface area contributed by atoms with Crippen LogP contribution in [0.1, 0.15) is 49.0 Å². The molecule has 2 atom stereocenters. The molecule has 22 heavy (non-hydrogen) atoms. The zero-order valence-electron chi connectivity index (χ0n) is 12.6. The topological polar surface area (TPSA) is 78.0 Å². The Kier molecular flexibility index (Phi) is 2.97. The van der Waals surface area contributed by atoms with E-state index in [1.165, 1.54) is 11.0 Å². The molecule has 5 nitrogen and oxygen atoms in total. The van der Waals surface area contributed by atoms with E-state index in [2.05, 4.69) is 5.32 Å².